The quantitative estimate of drug-likeness (QED) is 0.605. The molecule has 0 bridgehead atoms. The summed E-state index contributed by atoms with van der Waals surface area (Å²) in [5.41, 5.74) is 7.86. The van der Waals surface area contributed by atoms with Crippen molar-refractivity contribution in [3.05, 3.63) is 79.6 Å². The van der Waals surface area contributed by atoms with Crippen LogP contribution in [0.2, 0.25) is 0 Å². The normalized spacial score (nSPS) is 19.6. The number of benzene rings is 1. The summed E-state index contributed by atoms with van der Waals surface area (Å²) >= 11 is 0. The minimum atomic E-state index is -0.763. The maximum Gasteiger partial charge on any atom is 0.354 e. The third kappa shape index (κ3) is 3.19. The molecule has 2 unspecified atom stereocenters. The number of hydrogen-bond donors (Lipinski definition) is 2. The zero-order chi connectivity index (χ0) is 22.7. The molecule has 2 atom stereocenters. The van der Waals surface area contributed by atoms with E-state index in [2.05, 4.69) is 0 Å². The molecule has 168 valence electrons. The van der Waals surface area contributed by atoms with Crippen LogP contribution < -0.4 is 27.7 Å². The predicted octanol–water partition coefficient (Wildman–Crippen LogP) is 2.17. The fraction of sp³-hybridized carbons (Fsp3) is 0.391. The zero-order valence-corrected chi connectivity index (χ0v) is 17.7. The topological polar surface area (TPSA) is 98.8 Å². The molecule has 2 aliphatic rings. The highest BCUT2D eigenvalue weighted by molar-refractivity contribution is 5.72. The van der Waals surface area contributed by atoms with Gasteiger partial charge in [-0.1, -0.05) is 12.1 Å². The van der Waals surface area contributed by atoms with Crippen molar-refractivity contribution in [2.75, 3.05) is 23.8 Å². The van der Waals surface area contributed by atoms with E-state index in [1.165, 1.54) is 12.1 Å². The number of nitrogens with zero attached hydrogens (tertiary/aromatic N) is 3. The van der Waals surface area contributed by atoms with Gasteiger partial charge < -0.3 is 16.5 Å². The van der Waals surface area contributed by atoms with Crippen molar-refractivity contribution < 1.29 is 8.78 Å². The smallest absolute Gasteiger partial charge is 0.354 e. The molecule has 5 rings (SSSR count). The Morgan fingerprint density at radius 2 is 1.78 bits per heavy atom. The van der Waals surface area contributed by atoms with Crippen LogP contribution in [0.1, 0.15) is 47.9 Å². The second-order valence-electron chi connectivity index (χ2n) is 8.89. The molecular formula is C23H25F2N5O2. The Labute approximate surface area is 182 Å². The van der Waals surface area contributed by atoms with Crippen LogP contribution >= 0.6 is 0 Å². The molecule has 9 heteroatoms. The fourth-order valence-corrected chi connectivity index (χ4v) is 5.00. The Hall–Kier alpha value is -3.20. The van der Waals surface area contributed by atoms with Crippen LogP contribution in [0.25, 0.3) is 5.52 Å². The second kappa shape index (κ2) is 7.44. The number of hydrogen-bond acceptors (Lipinski definition) is 5. The van der Waals surface area contributed by atoms with Gasteiger partial charge in [0.05, 0.1) is 17.4 Å². The molecule has 0 radical (unpaired) electrons. The first-order valence-electron chi connectivity index (χ1n) is 10.8. The molecule has 7 nitrogen and oxygen atoms in total. The Bertz CT molecular complexity index is 1330. The van der Waals surface area contributed by atoms with E-state index in [-0.39, 0.29) is 23.7 Å². The van der Waals surface area contributed by atoms with Crippen molar-refractivity contribution in [2.24, 2.45) is 11.7 Å². The van der Waals surface area contributed by atoms with Gasteiger partial charge in [0.15, 0.2) is 5.82 Å². The molecule has 0 amide bonds. The fourth-order valence-electron chi connectivity index (χ4n) is 5.00. The van der Waals surface area contributed by atoms with Gasteiger partial charge in [-0.15, -0.1) is 0 Å². The molecule has 2 aromatic heterocycles. The summed E-state index contributed by atoms with van der Waals surface area (Å²) in [5.74, 6) is 4.91. The van der Waals surface area contributed by atoms with Crippen molar-refractivity contribution in [3.63, 3.8) is 0 Å². The number of aromatic nitrogens is 2. The molecule has 4 N–H and O–H groups in total. The van der Waals surface area contributed by atoms with Crippen LogP contribution in [-0.2, 0) is 0 Å². The third-order valence-corrected chi connectivity index (χ3v) is 6.83. The highest BCUT2D eigenvalue weighted by atomic mass is 19.1. The molecule has 1 saturated carbocycles. The van der Waals surface area contributed by atoms with Crippen molar-refractivity contribution in [2.45, 2.75) is 38.1 Å². The first kappa shape index (κ1) is 20.7. The average molecular weight is 441 g/mol. The van der Waals surface area contributed by atoms with Crippen LogP contribution in [0.3, 0.4) is 0 Å². The molecule has 3 heterocycles. The predicted molar refractivity (Wildman–Crippen MR) is 118 cm³/mol. The Balaban J connectivity index is 1.56. The third-order valence-electron chi connectivity index (χ3n) is 6.83. The summed E-state index contributed by atoms with van der Waals surface area (Å²) in [7, 11) is 0. The van der Waals surface area contributed by atoms with Gasteiger partial charge in [-0.3, -0.25) is 9.20 Å². The lowest BCUT2D eigenvalue weighted by molar-refractivity contribution is 0.473. The van der Waals surface area contributed by atoms with E-state index in [1.54, 1.807) is 19.1 Å². The molecule has 1 saturated heterocycles. The van der Waals surface area contributed by atoms with E-state index < -0.39 is 17.1 Å². The van der Waals surface area contributed by atoms with Crippen LogP contribution in [0.15, 0.2) is 40.1 Å². The summed E-state index contributed by atoms with van der Waals surface area (Å²) in [4.78, 5) is 27.3. The maximum atomic E-state index is 15.3. The standard InChI is InChI=1S/C23H25F2N5O2/c1-12-20(28-9-8-15(10-28)19(26)14-4-6-16(24)7-5-14)17(25)11-29-21(12)18(13-2-3-13)22(31)30(27)23(29)32/h4-7,11,13,15,19H,2-3,8-10,26-27H2,1H3. The molecule has 1 aliphatic carbocycles. The van der Waals surface area contributed by atoms with Gasteiger partial charge in [-0.25, -0.2) is 13.6 Å². The van der Waals surface area contributed by atoms with Gasteiger partial charge in [0.25, 0.3) is 5.56 Å². The van der Waals surface area contributed by atoms with Gasteiger partial charge in [0.2, 0.25) is 0 Å². The van der Waals surface area contributed by atoms with Crippen molar-refractivity contribution in [1.29, 1.82) is 0 Å². The zero-order valence-electron chi connectivity index (χ0n) is 17.7. The largest absolute Gasteiger partial charge is 0.368 e. The van der Waals surface area contributed by atoms with Crippen LogP contribution in [-0.4, -0.2) is 22.2 Å². The number of fused-ring (bicyclic) bond motifs is 1. The van der Waals surface area contributed by atoms with Gasteiger partial charge in [0.1, 0.15) is 5.82 Å². The highest BCUT2D eigenvalue weighted by Crippen LogP contribution is 2.42. The molecule has 2 fully saturated rings. The van der Waals surface area contributed by atoms with Gasteiger partial charge in [0, 0.05) is 30.3 Å². The van der Waals surface area contributed by atoms with Crippen LogP contribution in [0.5, 0.6) is 0 Å². The van der Waals surface area contributed by atoms with Gasteiger partial charge in [-0.05, 0) is 55.7 Å². The van der Waals surface area contributed by atoms with Gasteiger partial charge in [-0.2, -0.15) is 4.68 Å². The summed E-state index contributed by atoms with van der Waals surface area (Å²) in [6.07, 6.45) is 3.55. The number of nitrogens with two attached hydrogens (primary N) is 2. The average Bonchev–Trinajstić information content (AvgIpc) is 3.49. The van der Waals surface area contributed by atoms with E-state index in [0.29, 0.717) is 40.1 Å². The number of nitrogen functional groups attached to an aromatic ring is 1. The SMILES string of the molecule is Cc1c(N2CCC(C(N)c3ccc(F)cc3)C2)c(F)cn2c(=O)n(N)c(=O)c(C3CC3)c12. The number of rotatable bonds is 4. The number of halogens is 2. The molecular weight excluding hydrogens is 416 g/mol. The highest BCUT2D eigenvalue weighted by Gasteiger charge is 2.34. The minimum Gasteiger partial charge on any atom is -0.368 e. The minimum absolute atomic E-state index is 0.0307. The van der Waals surface area contributed by atoms with E-state index in [9.17, 15) is 14.0 Å². The monoisotopic (exact) mass is 441 g/mol. The number of pyridine rings is 1. The molecule has 1 aliphatic heterocycles. The van der Waals surface area contributed by atoms with Crippen molar-refractivity contribution in [1.82, 2.24) is 9.08 Å². The van der Waals surface area contributed by atoms with E-state index in [4.69, 9.17) is 11.6 Å². The lowest BCUT2D eigenvalue weighted by Crippen LogP contribution is -2.44. The van der Waals surface area contributed by atoms with Crippen molar-refractivity contribution in [3.8, 4) is 0 Å². The lowest BCUT2D eigenvalue weighted by Gasteiger charge is -2.25. The van der Waals surface area contributed by atoms with E-state index in [1.807, 2.05) is 4.90 Å². The first-order chi connectivity index (χ1) is 15.3. The summed E-state index contributed by atoms with van der Waals surface area (Å²) in [6.45, 7) is 2.85. The van der Waals surface area contributed by atoms with E-state index >= 15 is 4.39 Å². The van der Waals surface area contributed by atoms with Gasteiger partial charge >= 0.3 is 5.69 Å². The van der Waals surface area contributed by atoms with Crippen molar-refractivity contribution >= 4 is 11.2 Å². The Morgan fingerprint density at radius 1 is 1.09 bits per heavy atom. The van der Waals surface area contributed by atoms with Crippen LogP contribution in [0.4, 0.5) is 14.5 Å². The maximum absolute atomic E-state index is 15.3. The molecule has 1 aromatic carbocycles. The molecule has 0 spiro atoms. The number of aryl methyl sites for hydroxylation is 1. The molecule has 32 heavy (non-hydrogen) atoms. The summed E-state index contributed by atoms with van der Waals surface area (Å²) in [5, 5.41) is 0. The summed E-state index contributed by atoms with van der Waals surface area (Å²) in [6, 6.07) is 5.82. The first-order valence-corrected chi connectivity index (χ1v) is 10.8. The second-order valence-corrected chi connectivity index (χ2v) is 8.89. The number of anilines is 1. The Morgan fingerprint density at radius 3 is 2.44 bits per heavy atom. The summed E-state index contributed by atoms with van der Waals surface area (Å²) < 4.78 is 30.3. The Kier molecular flexibility index (Phi) is 4.81. The van der Waals surface area contributed by atoms with Crippen LogP contribution in [0, 0.1) is 24.5 Å². The lowest BCUT2D eigenvalue weighted by atomic mass is 9.93. The molecule has 3 aromatic rings. The van der Waals surface area contributed by atoms with E-state index in [0.717, 1.165) is 35.4 Å².